The molecule has 1 N–H and O–H groups in total. The summed E-state index contributed by atoms with van der Waals surface area (Å²) in [7, 11) is -2.68. The molecule has 1 aromatic carbocycles. The van der Waals surface area contributed by atoms with Crippen LogP contribution in [0.15, 0.2) is 29.2 Å². The average Bonchev–Trinajstić information content (AvgIpc) is 3.06. The van der Waals surface area contributed by atoms with E-state index in [1.54, 1.807) is 12.1 Å². The molecule has 0 radical (unpaired) electrons. The quantitative estimate of drug-likeness (QED) is 0.885. The van der Waals surface area contributed by atoms with Gasteiger partial charge in [0.05, 0.1) is 4.90 Å². The third kappa shape index (κ3) is 3.82. The molecule has 7 nitrogen and oxygen atoms in total. The largest absolute Gasteiger partial charge is 0.358 e. The number of likely N-dealkylation sites (tertiary alicyclic amines) is 1. The topological polar surface area (TPSA) is 86.8 Å². The van der Waals surface area contributed by atoms with Crippen LogP contribution in [-0.2, 0) is 14.8 Å². The maximum absolute atomic E-state index is 12.8. The van der Waals surface area contributed by atoms with Crippen LogP contribution in [0.25, 0.3) is 0 Å². The summed E-state index contributed by atoms with van der Waals surface area (Å²) in [6.45, 7) is 2.33. The zero-order chi connectivity index (χ0) is 17.0. The van der Waals surface area contributed by atoms with E-state index in [9.17, 15) is 18.0 Å². The Morgan fingerprint density at radius 2 is 1.74 bits per heavy atom. The van der Waals surface area contributed by atoms with Gasteiger partial charge in [-0.3, -0.25) is 4.79 Å². The minimum atomic E-state index is -4.08. The zero-order valence-electron chi connectivity index (χ0n) is 13.3. The highest BCUT2D eigenvalue weighted by Gasteiger charge is 2.34. The maximum atomic E-state index is 12.8. The predicted octanol–water partition coefficient (Wildman–Crippen LogP) is 0.948. The number of carbonyl (C=O) groups excluding carboxylic acids is 2. The molecule has 0 saturated carbocycles. The Labute approximate surface area is 136 Å². The number of likely N-dealkylation sites (N-methyl/N-ethyl adjacent to an activating group) is 1. The number of carbonyl (C=O) groups is 2. The van der Waals surface area contributed by atoms with Crippen molar-refractivity contribution in [1.29, 1.82) is 0 Å². The fourth-order valence-corrected chi connectivity index (χ4v) is 3.71. The molecule has 23 heavy (non-hydrogen) atoms. The van der Waals surface area contributed by atoms with Gasteiger partial charge in [-0.1, -0.05) is 17.7 Å². The van der Waals surface area contributed by atoms with Gasteiger partial charge in [0, 0.05) is 20.1 Å². The molecule has 8 heteroatoms. The van der Waals surface area contributed by atoms with Crippen molar-refractivity contribution in [2.45, 2.75) is 24.7 Å². The van der Waals surface area contributed by atoms with Crippen molar-refractivity contribution in [3.63, 3.8) is 0 Å². The fourth-order valence-electron chi connectivity index (χ4n) is 2.37. The van der Waals surface area contributed by atoms with Gasteiger partial charge >= 0.3 is 6.03 Å². The predicted molar refractivity (Wildman–Crippen MR) is 85.3 cm³/mol. The Bertz CT molecular complexity index is 679. The summed E-state index contributed by atoms with van der Waals surface area (Å²) < 4.78 is 26.2. The Kier molecular flexibility index (Phi) is 5.25. The van der Waals surface area contributed by atoms with Crippen molar-refractivity contribution >= 4 is 22.0 Å². The van der Waals surface area contributed by atoms with E-state index in [1.807, 2.05) is 6.92 Å². The standard InChI is InChI=1S/C15H21N3O4S/c1-12-5-7-13(8-6-12)23(21,22)18(11-14(19)16-2)15(20)17-9-3-4-10-17/h5-8H,3-4,9-11H2,1-2H3,(H,16,19). The number of hydrogen-bond acceptors (Lipinski definition) is 4. The van der Waals surface area contributed by atoms with Crippen LogP contribution in [0.4, 0.5) is 4.79 Å². The lowest BCUT2D eigenvalue weighted by Gasteiger charge is -2.26. The summed E-state index contributed by atoms with van der Waals surface area (Å²) in [4.78, 5) is 25.7. The number of amides is 3. The number of nitrogens with one attached hydrogen (secondary N) is 1. The van der Waals surface area contributed by atoms with Gasteiger partial charge in [0.15, 0.2) is 0 Å². The molecule has 0 atom stereocenters. The van der Waals surface area contributed by atoms with Gasteiger partial charge in [0.25, 0.3) is 10.0 Å². The van der Waals surface area contributed by atoms with Crippen LogP contribution in [0.1, 0.15) is 18.4 Å². The second-order valence-electron chi connectivity index (χ2n) is 5.47. The lowest BCUT2D eigenvalue weighted by molar-refractivity contribution is -0.120. The first-order valence-corrected chi connectivity index (χ1v) is 8.89. The van der Waals surface area contributed by atoms with Crippen molar-refractivity contribution in [3.8, 4) is 0 Å². The molecule has 1 fully saturated rings. The van der Waals surface area contributed by atoms with Gasteiger partial charge < -0.3 is 10.2 Å². The smallest absolute Gasteiger partial charge is 0.334 e. The van der Waals surface area contributed by atoms with Gasteiger partial charge in [0.1, 0.15) is 6.54 Å². The number of rotatable bonds is 4. The molecule has 1 aliphatic rings. The second-order valence-corrected chi connectivity index (χ2v) is 7.34. The molecule has 2 rings (SSSR count). The Morgan fingerprint density at radius 1 is 1.17 bits per heavy atom. The first-order valence-electron chi connectivity index (χ1n) is 7.45. The van der Waals surface area contributed by atoms with Crippen molar-refractivity contribution in [3.05, 3.63) is 29.8 Å². The Hall–Kier alpha value is -2.09. The minimum absolute atomic E-state index is 0.000417. The SMILES string of the molecule is CNC(=O)CN(C(=O)N1CCCC1)S(=O)(=O)c1ccc(C)cc1. The number of sulfonamides is 1. The Morgan fingerprint density at radius 3 is 2.26 bits per heavy atom. The molecule has 0 spiro atoms. The summed E-state index contributed by atoms with van der Waals surface area (Å²) in [6.07, 6.45) is 1.67. The first kappa shape index (κ1) is 17.3. The molecule has 1 aromatic rings. The summed E-state index contributed by atoms with van der Waals surface area (Å²) in [5.74, 6) is -0.534. The monoisotopic (exact) mass is 339 g/mol. The second kappa shape index (κ2) is 6.99. The van der Waals surface area contributed by atoms with Crippen molar-refractivity contribution in [1.82, 2.24) is 14.5 Å². The third-order valence-corrected chi connectivity index (χ3v) is 5.50. The van der Waals surface area contributed by atoms with Crippen LogP contribution in [0, 0.1) is 6.92 Å². The number of aryl methyl sites for hydroxylation is 1. The van der Waals surface area contributed by atoms with E-state index in [0.29, 0.717) is 17.4 Å². The van der Waals surface area contributed by atoms with Crippen LogP contribution in [-0.4, -0.2) is 56.2 Å². The van der Waals surface area contributed by atoms with Crippen LogP contribution in [0.5, 0.6) is 0 Å². The molecular weight excluding hydrogens is 318 g/mol. The molecule has 0 aliphatic carbocycles. The molecule has 126 valence electrons. The summed E-state index contributed by atoms with van der Waals surface area (Å²) in [5, 5.41) is 2.36. The van der Waals surface area contributed by atoms with E-state index in [0.717, 1.165) is 18.4 Å². The van der Waals surface area contributed by atoms with Crippen LogP contribution in [0.2, 0.25) is 0 Å². The van der Waals surface area contributed by atoms with Gasteiger partial charge in [0.2, 0.25) is 5.91 Å². The van der Waals surface area contributed by atoms with Crippen molar-refractivity contribution in [2.75, 3.05) is 26.7 Å². The average molecular weight is 339 g/mol. The lowest BCUT2D eigenvalue weighted by Crippen LogP contribution is -2.48. The van der Waals surface area contributed by atoms with E-state index in [-0.39, 0.29) is 4.90 Å². The number of hydrogen-bond donors (Lipinski definition) is 1. The van der Waals surface area contributed by atoms with Gasteiger partial charge in [-0.2, -0.15) is 0 Å². The molecule has 0 aromatic heterocycles. The van der Waals surface area contributed by atoms with E-state index in [2.05, 4.69) is 5.32 Å². The van der Waals surface area contributed by atoms with Gasteiger partial charge in [-0.15, -0.1) is 0 Å². The highest BCUT2D eigenvalue weighted by molar-refractivity contribution is 7.89. The molecular formula is C15H21N3O4S. The summed E-state index contributed by atoms with van der Waals surface area (Å²) >= 11 is 0. The number of benzene rings is 1. The van der Waals surface area contributed by atoms with E-state index < -0.39 is 28.5 Å². The molecule has 0 bridgehead atoms. The first-order chi connectivity index (χ1) is 10.9. The Balaban J connectivity index is 2.36. The fraction of sp³-hybridized carbons (Fsp3) is 0.467. The minimum Gasteiger partial charge on any atom is -0.358 e. The number of urea groups is 1. The molecule has 0 unspecified atom stereocenters. The van der Waals surface area contributed by atoms with E-state index >= 15 is 0 Å². The van der Waals surface area contributed by atoms with E-state index in [4.69, 9.17) is 0 Å². The molecule has 3 amide bonds. The van der Waals surface area contributed by atoms with Crippen LogP contribution >= 0.6 is 0 Å². The maximum Gasteiger partial charge on any atom is 0.334 e. The van der Waals surface area contributed by atoms with E-state index in [1.165, 1.54) is 24.1 Å². The highest BCUT2D eigenvalue weighted by Crippen LogP contribution is 2.20. The van der Waals surface area contributed by atoms with Crippen LogP contribution in [0.3, 0.4) is 0 Å². The normalized spacial score (nSPS) is 14.6. The molecule has 1 aliphatic heterocycles. The summed E-state index contributed by atoms with van der Waals surface area (Å²) in [6, 6.07) is 5.56. The molecule has 1 heterocycles. The van der Waals surface area contributed by atoms with Gasteiger partial charge in [-0.25, -0.2) is 17.5 Å². The lowest BCUT2D eigenvalue weighted by atomic mass is 10.2. The number of nitrogens with zero attached hydrogens (tertiary/aromatic N) is 2. The van der Waals surface area contributed by atoms with Crippen molar-refractivity contribution in [2.24, 2.45) is 0 Å². The van der Waals surface area contributed by atoms with Gasteiger partial charge in [-0.05, 0) is 31.9 Å². The molecule has 1 saturated heterocycles. The third-order valence-electron chi connectivity index (χ3n) is 3.76. The highest BCUT2D eigenvalue weighted by atomic mass is 32.2. The van der Waals surface area contributed by atoms with Crippen molar-refractivity contribution < 1.29 is 18.0 Å². The summed E-state index contributed by atoms with van der Waals surface area (Å²) in [5.41, 5.74) is 0.910. The zero-order valence-corrected chi connectivity index (χ0v) is 14.1. The van der Waals surface area contributed by atoms with Crippen LogP contribution < -0.4 is 5.32 Å².